The number of aromatic nitrogens is 2. The number of rotatable bonds is 3. The average Bonchev–Trinajstić information content (AvgIpc) is 2.78. The van der Waals surface area contributed by atoms with Gasteiger partial charge < -0.3 is 9.42 Å². The Hall–Kier alpha value is -2.36. The Kier molecular flexibility index (Phi) is 3.60. The number of aryl methyl sites for hydroxylation is 3. The Morgan fingerprint density at radius 2 is 2.10 bits per heavy atom. The van der Waals surface area contributed by atoms with E-state index in [0.717, 1.165) is 47.1 Å². The first-order chi connectivity index (χ1) is 10.1. The van der Waals surface area contributed by atoms with Crippen molar-refractivity contribution in [3.05, 3.63) is 65.0 Å². The molecule has 0 amide bonds. The molecule has 1 aliphatic rings. The molecule has 0 spiro atoms. The van der Waals surface area contributed by atoms with E-state index in [1.54, 1.807) is 0 Å². The number of allylic oxidation sites excluding steroid dienone is 2. The standard InChI is InChI=1S/C17H19N3O/c1-12-6-4-8-16(18-12)11-20-9-5-7-15(10-20)17-13(2)19-21-14(17)3/h4-8,10H,9,11H2,1-3H3. The van der Waals surface area contributed by atoms with Gasteiger partial charge in [0.15, 0.2) is 0 Å². The molecule has 4 nitrogen and oxygen atoms in total. The smallest absolute Gasteiger partial charge is 0.141 e. The minimum Gasteiger partial charge on any atom is -0.367 e. The van der Waals surface area contributed by atoms with E-state index < -0.39 is 0 Å². The molecule has 0 unspecified atom stereocenters. The van der Waals surface area contributed by atoms with Crippen molar-refractivity contribution >= 4 is 5.57 Å². The van der Waals surface area contributed by atoms with E-state index in [1.165, 1.54) is 0 Å². The quantitative estimate of drug-likeness (QED) is 0.864. The summed E-state index contributed by atoms with van der Waals surface area (Å²) >= 11 is 0. The molecular formula is C17H19N3O. The van der Waals surface area contributed by atoms with Crippen LogP contribution in [0.2, 0.25) is 0 Å². The molecule has 2 aromatic heterocycles. The monoisotopic (exact) mass is 281 g/mol. The van der Waals surface area contributed by atoms with Gasteiger partial charge in [0, 0.05) is 29.6 Å². The summed E-state index contributed by atoms with van der Waals surface area (Å²) in [6.45, 7) is 7.64. The molecule has 0 atom stereocenters. The molecular weight excluding hydrogens is 262 g/mol. The van der Waals surface area contributed by atoms with Gasteiger partial charge in [-0.1, -0.05) is 23.4 Å². The molecule has 1 aliphatic heterocycles. The van der Waals surface area contributed by atoms with Gasteiger partial charge >= 0.3 is 0 Å². The van der Waals surface area contributed by atoms with Crippen LogP contribution in [0.4, 0.5) is 0 Å². The van der Waals surface area contributed by atoms with Crippen molar-refractivity contribution in [2.24, 2.45) is 0 Å². The van der Waals surface area contributed by atoms with E-state index in [9.17, 15) is 0 Å². The zero-order valence-corrected chi connectivity index (χ0v) is 12.6. The average molecular weight is 281 g/mol. The van der Waals surface area contributed by atoms with Crippen LogP contribution in [-0.2, 0) is 6.54 Å². The summed E-state index contributed by atoms with van der Waals surface area (Å²) in [6, 6.07) is 6.13. The van der Waals surface area contributed by atoms with E-state index >= 15 is 0 Å². The summed E-state index contributed by atoms with van der Waals surface area (Å²) in [6.07, 6.45) is 6.46. The fraction of sp³-hybridized carbons (Fsp3) is 0.294. The molecule has 3 rings (SSSR count). The van der Waals surface area contributed by atoms with Crippen LogP contribution in [0.1, 0.15) is 28.4 Å². The molecule has 4 heteroatoms. The van der Waals surface area contributed by atoms with Gasteiger partial charge in [-0.3, -0.25) is 4.98 Å². The summed E-state index contributed by atoms with van der Waals surface area (Å²) in [4.78, 5) is 6.82. The SMILES string of the molecule is Cc1cccc(CN2C=C(c3c(C)noc3C)C=CC2)n1. The lowest BCUT2D eigenvalue weighted by Gasteiger charge is -2.23. The Bertz CT molecular complexity index is 693. The van der Waals surface area contributed by atoms with Gasteiger partial charge in [-0.05, 0) is 32.9 Å². The van der Waals surface area contributed by atoms with Crippen LogP contribution in [0.25, 0.3) is 5.57 Å². The van der Waals surface area contributed by atoms with Crippen molar-refractivity contribution in [1.82, 2.24) is 15.0 Å². The maximum Gasteiger partial charge on any atom is 0.141 e. The molecule has 0 aromatic carbocycles. The fourth-order valence-electron chi connectivity index (χ4n) is 2.66. The second kappa shape index (κ2) is 5.56. The molecule has 0 saturated heterocycles. The molecule has 0 fully saturated rings. The number of hydrogen-bond donors (Lipinski definition) is 0. The number of pyridine rings is 1. The second-order valence-corrected chi connectivity index (χ2v) is 5.39. The Balaban J connectivity index is 1.84. The van der Waals surface area contributed by atoms with Crippen LogP contribution in [-0.4, -0.2) is 21.6 Å². The van der Waals surface area contributed by atoms with Crippen LogP contribution < -0.4 is 0 Å². The van der Waals surface area contributed by atoms with Gasteiger partial charge in [0.05, 0.1) is 17.9 Å². The van der Waals surface area contributed by atoms with Crippen LogP contribution in [0.15, 0.2) is 41.1 Å². The van der Waals surface area contributed by atoms with Gasteiger partial charge in [0.25, 0.3) is 0 Å². The summed E-state index contributed by atoms with van der Waals surface area (Å²) in [5.74, 6) is 0.860. The maximum absolute atomic E-state index is 5.26. The van der Waals surface area contributed by atoms with Crippen molar-refractivity contribution in [3.8, 4) is 0 Å². The Morgan fingerprint density at radius 1 is 1.24 bits per heavy atom. The molecule has 21 heavy (non-hydrogen) atoms. The molecule has 3 heterocycles. The summed E-state index contributed by atoms with van der Waals surface area (Å²) in [5.41, 5.74) is 5.30. The minimum atomic E-state index is 0.804. The number of nitrogens with zero attached hydrogens (tertiary/aromatic N) is 3. The highest BCUT2D eigenvalue weighted by molar-refractivity contribution is 5.76. The molecule has 0 radical (unpaired) electrons. The lowest BCUT2D eigenvalue weighted by Crippen LogP contribution is -2.20. The van der Waals surface area contributed by atoms with Crippen LogP contribution in [0.5, 0.6) is 0 Å². The van der Waals surface area contributed by atoms with E-state index in [4.69, 9.17) is 4.52 Å². The highest BCUT2D eigenvalue weighted by Crippen LogP contribution is 2.26. The predicted octanol–water partition coefficient (Wildman–Crippen LogP) is 3.41. The summed E-state index contributed by atoms with van der Waals surface area (Å²) in [5, 5.41) is 4.03. The lowest BCUT2D eigenvalue weighted by molar-refractivity contribution is 0.392. The summed E-state index contributed by atoms with van der Waals surface area (Å²) < 4.78 is 5.26. The maximum atomic E-state index is 5.26. The Labute approximate surface area is 124 Å². The van der Waals surface area contributed by atoms with Crippen molar-refractivity contribution in [3.63, 3.8) is 0 Å². The third-order valence-corrected chi connectivity index (χ3v) is 3.59. The third kappa shape index (κ3) is 2.89. The first kappa shape index (κ1) is 13.6. The van der Waals surface area contributed by atoms with Gasteiger partial charge in [0.2, 0.25) is 0 Å². The molecule has 0 N–H and O–H groups in total. The topological polar surface area (TPSA) is 42.2 Å². The van der Waals surface area contributed by atoms with Crippen molar-refractivity contribution in [2.45, 2.75) is 27.3 Å². The van der Waals surface area contributed by atoms with E-state index in [1.807, 2.05) is 26.8 Å². The van der Waals surface area contributed by atoms with Crippen LogP contribution >= 0.6 is 0 Å². The zero-order chi connectivity index (χ0) is 14.8. The molecule has 0 bridgehead atoms. The lowest BCUT2D eigenvalue weighted by atomic mass is 10.0. The first-order valence-electron chi connectivity index (χ1n) is 7.11. The van der Waals surface area contributed by atoms with Gasteiger partial charge in [-0.15, -0.1) is 0 Å². The molecule has 108 valence electrons. The zero-order valence-electron chi connectivity index (χ0n) is 12.6. The minimum absolute atomic E-state index is 0.804. The fourth-order valence-corrected chi connectivity index (χ4v) is 2.66. The third-order valence-electron chi connectivity index (χ3n) is 3.59. The largest absolute Gasteiger partial charge is 0.367 e. The first-order valence-corrected chi connectivity index (χ1v) is 7.11. The molecule has 2 aromatic rings. The van der Waals surface area contributed by atoms with Crippen molar-refractivity contribution < 1.29 is 4.52 Å². The van der Waals surface area contributed by atoms with Crippen molar-refractivity contribution in [2.75, 3.05) is 6.54 Å². The number of hydrogen-bond acceptors (Lipinski definition) is 4. The van der Waals surface area contributed by atoms with Crippen LogP contribution in [0, 0.1) is 20.8 Å². The molecule has 0 saturated carbocycles. The van der Waals surface area contributed by atoms with Crippen molar-refractivity contribution in [1.29, 1.82) is 0 Å². The van der Waals surface area contributed by atoms with E-state index in [2.05, 4.69) is 45.5 Å². The van der Waals surface area contributed by atoms with Gasteiger partial charge in [0.1, 0.15) is 5.76 Å². The van der Waals surface area contributed by atoms with Gasteiger partial charge in [-0.2, -0.15) is 0 Å². The Morgan fingerprint density at radius 3 is 2.81 bits per heavy atom. The highest BCUT2D eigenvalue weighted by atomic mass is 16.5. The van der Waals surface area contributed by atoms with Gasteiger partial charge in [-0.25, -0.2) is 0 Å². The van der Waals surface area contributed by atoms with E-state index in [0.29, 0.717) is 0 Å². The second-order valence-electron chi connectivity index (χ2n) is 5.39. The molecule has 0 aliphatic carbocycles. The normalized spacial score (nSPS) is 14.4. The van der Waals surface area contributed by atoms with Crippen LogP contribution in [0.3, 0.4) is 0 Å². The highest BCUT2D eigenvalue weighted by Gasteiger charge is 2.15. The predicted molar refractivity (Wildman–Crippen MR) is 82.5 cm³/mol. The summed E-state index contributed by atoms with van der Waals surface area (Å²) in [7, 11) is 0. The van der Waals surface area contributed by atoms with E-state index in [-0.39, 0.29) is 0 Å².